The third kappa shape index (κ3) is 2.05. The molecule has 0 aromatic rings. The largest absolute Gasteiger partial charge is 0.313 e. The Labute approximate surface area is 78.0 Å². The molecule has 0 spiro atoms. The second-order valence-electron chi connectivity index (χ2n) is 3.42. The lowest BCUT2D eigenvalue weighted by atomic mass is 10.1. The molecule has 2 aliphatic heterocycles. The minimum atomic E-state index is 0.143. The molecule has 2 rings (SSSR count). The van der Waals surface area contributed by atoms with Crippen LogP contribution in [0.25, 0.3) is 0 Å². The van der Waals surface area contributed by atoms with E-state index in [9.17, 15) is 5.21 Å². The predicted molar refractivity (Wildman–Crippen MR) is 52.1 cm³/mol. The van der Waals surface area contributed by atoms with E-state index in [4.69, 9.17) is 0 Å². The average molecular weight is 178 g/mol. The number of hydrogen-bond donors (Lipinski definition) is 1. The molecule has 0 saturated carbocycles. The monoisotopic (exact) mass is 178 g/mol. The Morgan fingerprint density at radius 2 is 2.46 bits per heavy atom. The van der Waals surface area contributed by atoms with Gasteiger partial charge in [-0.25, -0.2) is 0 Å². The van der Waals surface area contributed by atoms with Gasteiger partial charge in [0, 0.05) is 19.3 Å². The van der Waals surface area contributed by atoms with Crippen LogP contribution in [0.4, 0.5) is 0 Å². The van der Waals surface area contributed by atoms with Crippen molar-refractivity contribution in [2.24, 2.45) is 4.99 Å². The molecule has 2 aliphatic rings. The van der Waals surface area contributed by atoms with E-state index in [0.29, 0.717) is 6.54 Å². The molecule has 1 N–H and O–H groups in total. The standard InChI is InChI=1S/C10H14N2O/c13-12-6-2-1-3-10(12)7-9-4-5-11-8-9/h1-2,7-8,10,13H,3-6H2. The summed E-state index contributed by atoms with van der Waals surface area (Å²) in [6, 6.07) is 0.143. The molecule has 3 heteroatoms. The lowest BCUT2D eigenvalue weighted by molar-refractivity contribution is -0.106. The first-order valence-electron chi connectivity index (χ1n) is 4.67. The maximum absolute atomic E-state index is 9.52. The lowest BCUT2D eigenvalue weighted by Crippen LogP contribution is -2.33. The van der Waals surface area contributed by atoms with Crippen LogP contribution in [0.3, 0.4) is 0 Å². The van der Waals surface area contributed by atoms with Gasteiger partial charge in [-0.05, 0) is 18.4 Å². The molecular weight excluding hydrogens is 164 g/mol. The normalized spacial score (nSPS) is 31.8. The van der Waals surface area contributed by atoms with Gasteiger partial charge in [-0.1, -0.05) is 18.2 Å². The minimum Gasteiger partial charge on any atom is -0.313 e. The van der Waals surface area contributed by atoms with E-state index < -0.39 is 0 Å². The van der Waals surface area contributed by atoms with E-state index in [2.05, 4.69) is 17.1 Å². The molecular formula is C10H14N2O. The fraction of sp³-hybridized carbons (Fsp3) is 0.500. The van der Waals surface area contributed by atoms with Gasteiger partial charge in [0.15, 0.2) is 0 Å². The molecule has 1 unspecified atom stereocenters. The molecule has 2 heterocycles. The summed E-state index contributed by atoms with van der Waals surface area (Å²) in [7, 11) is 0. The van der Waals surface area contributed by atoms with Crippen molar-refractivity contribution in [3.05, 3.63) is 23.8 Å². The van der Waals surface area contributed by atoms with Crippen LogP contribution in [0.15, 0.2) is 28.8 Å². The Bertz CT molecular complexity index is 268. The van der Waals surface area contributed by atoms with Crippen molar-refractivity contribution < 1.29 is 5.21 Å². The highest BCUT2D eigenvalue weighted by Gasteiger charge is 2.15. The summed E-state index contributed by atoms with van der Waals surface area (Å²) in [4.78, 5) is 4.14. The number of hydroxylamine groups is 2. The third-order valence-corrected chi connectivity index (χ3v) is 2.41. The Morgan fingerprint density at radius 1 is 1.54 bits per heavy atom. The molecule has 0 bridgehead atoms. The van der Waals surface area contributed by atoms with Crippen molar-refractivity contribution in [2.75, 3.05) is 13.1 Å². The Morgan fingerprint density at radius 3 is 3.15 bits per heavy atom. The fourth-order valence-corrected chi connectivity index (χ4v) is 1.64. The second kappa shape index (κ2) is 3.85. The van der Waals surface area contributed by atoms with Crippen LogP contribution in [0.1, 0.15) is 12.8 Å². The first-order chi connectivity index (χ1) is 6.36. The zero-order valence-corrected chi connectivity index (χ0v) is 7.56. The summed E-state index contributed by atoms with van der Waals surface area (Å²) >= 11 is 0. The van der Waals surface area contributed by atoms with Crippen molar-refractivity contribution in [3.8, 4) is 0 Å². The zero-order valence-electron chi connectivity index (χ0n) is 7.56. The van der Waals surface area contributed by atoms with Gasteiger partial charge in [-0.15, -0.1) is 0 Å². The minimum absolute atomic E-state index is 0.143. The maximum atomic E-state index is 9.52. The van der Waals surface area contributed by atoms with Crippen molar-refractivity contribution in [3.63, 3.8) is 0 Å². The van der Waals surface area contributed by atoms with E-state index in [0.717, 1.165) is 19.4 Å². The van der Waals surface area contributed by atoms with Gasteiger partial charge in [-0.2, -0.15) is 5.06 Å². The van der Waals surface area contributed by atoms with Crippen LogP contribution in [0.5, 0.6) is 0 Å². The molecule has 3 nitrogen and oxygen atoms in total. The van der Waals surface area contributed by atoms with Crippen LogP contribution in [-0.4, -0.2) is 35.6 Å². The van der Waals surface area contributed by atoms with Gasteiger partial charge in [0.2, 0.25) is 0 Å². The van der Waals surface area contributed by atoms with Crippen LogP contribution in [-0.2, 0) is 0 Å². The molecule has 0 saturated heterocycles. The van der Waals surface area contributed by atoms with E-state index in [1.54, 1.807) is 0 Å². The molecule has 70 valence electrons. The highest BCUT2D eigenvalue weighted by Crippen LogP contribution is 2.14. The van der Waals surface area contributed by atoms with Gasteiger partial charge in [0.25, 0.3) is 0 Å². The van der Waals surface area contributed by atoms with Gasteiger partial charge in [-0.3, -0.25) is 4.99 Å². The van der Waals surface area contributed by atoms with Gasteiger partial charge in [0.1, 0.15) is 0 Å². The summed E-state index contributed by atoms with van der Waals surface area (Å²) in [6.45, 7) is 1.53. The summed E-state index contributed by atoms with van der Waals surface area (Å²) in [6.07, 6.45) is 10.0. The second-order valence-corrected chi connectivity index (χ2v) is 3.42. The number of nitrogens with zero attached hydrogens (tertiary/aromatic N) is 2. The van der Waals surface area contributed by atoms with Crippen molar-refractivity contribution in [1.29, 1.82) is 0 Å². The van der Waals surface area contributed by atoms with Crippen LogP contribution >= 0.6 is 0 Å². The van der Waals surface area contributed by atoms with Gasteiger partial charge < -0.3 is 5.21 Å². The maximum Gasteiger partial charge on any atom is 0.0574 e. The van der Waals surface area contributed by atoms with Crippen molar-refractivity contribution in [1.82, 2.24) is 5.06 Å². The zero-order chi connectivity index (χ0) is 9.10. The summed E-state index contributed by atoms with van der Waals surface area (Å²) < 4.78 is 0. The summed E-state index contributed by atoms with van der Waals surface area (Å²) in [5, 5.41) is 10.9. The first kappa shape index (κ1) is 8.66. The summed E-state index contributed by atoms with van der Waals surface area (Å²) in [5.74, 6) is 0. The molecule has 0 amide bonds. The fourth-order valence-electron chi connectivity index (χ4n) is 1.64. The number of aliphatic imine (C=N–C) groups is 1. The van der Waals surface area contributed by atoms with Crippen molar-refractivity contribution >= 4 is 6.21 Å². The molecule has 1 atom stereocenters. The molecule has 0 aromatic carbocycles. The highest BCUT2D eigenvalue weighted by molar-refractivity contribution is 5.80. The quantitative estimate of drug-likeness (QED) is 0.616. The third-order valence-electron chi connectivity index (χ3n) is 2.41. The van der Waals surface area contributed by atoms with E-state index in [1.165, 1.54) is 10.6 Å². The molecule has 0 aliphatic carbocycles. The number of hydrogen-bond acceptors (Lipinski definition) is 3. The summed E-state index contributed by atoms with van der Waals surface area (Å²) in [5.41, 5.74) is 1.25. The first-order valence-corrected chi connectivity index (χ1v) is 4.67. The topological polar surface area (TPSA) is 35.8 Å². The average Bonchev–Trinajstić information content (AvgIpc) is 2.61. The molecule has 13 heavy (non-hydrogen) atoms. The van der Waals surface area contributed by atoms with E-state index >= 15 is 0 Å². The van der Waals surface area contributed by atoms with Crippen molar-refractivity contribution in [2.45, 2.75) is 18.9 Å². The Kier molecular flexibility index (Phi) is 2.57. The Balaban J connectivity index is 2.04. The molecule has 0 fully saturated rings. The van der Waals surface area contributed by atoms with Crippen LogP contribution in [0.2, 0.25) is 0 Å². The lowest BCUT2D eigenvalue weighted by Gasteiger charge is -2.24. The van der Waals surface area contributed by atoms with E-state index in [-0.39, 0.29) is 6.04 Å². The van der Waals surface area contributed by atoms with Gasteiger partial charge in [0.05, 0.1) is 6.04 Å². The molecule has 0 aromatic heterocycles. The smallest absolute Gasteiger partial charge is 0.0574 e. The Hall–Kier alpha value is -0.930. The van der Waals surface area contributed by atoms with Crippen LogP contribution in [0, 0.1) is 0 Å². The van der Waals surface area contributed by atoms with Gasteiger partial charge >= 0.3 is 0 Å². The molecule has 0 radical (unpaired) electrons. The van der Waals surface area contributed by atoms with Crippen LogP contribution < -0.4 is 0 Å². The SMILES string of the molecule is ON1CC=CCC1C=C1C=NCC1. The number of rotatable bonds is 1. The predicted octanol–water partition coefficient (Wildman–Crippen LogP) is 1.41. The van der Waals surface area contributed by atoms with E-state index in [1.807, 2.05) is 12.3 Å². The highest BCUT2D eigenvalue weighted by atomic mass is 16.5.